The minimum Gasteiger partial charge on any atom is -0.508 e. The zero-order chi connectivity index (χ0) is 23.5. The number of phenols is 1. The Morgan fingerprint density at radius 3 is 2.83 bits per heavy atom. The van der Waals surface area contributed by atoms with Crippen molar-refractivity contribution >= 4 is 5.91 Å². The molecule has 0 spiro atoms. The third kappa shape index (κ3) is 2.35. The SMILES string of the molecule is O=C(c1ccc[nH]c1=O)N1CC2CC34CCC1C2C31CCN(C2CCC2)C4Cc2ccc(O)cc21. The summed E-state index contributed by atoms with van der Waals surface area (Å²) in [5, 5.41) is 10.6. The highest BCUT2D eigenvalue weighted by atomic mass is 16.3. The second-order valence-corrected chi connectivity index (χ2v) is 12.2. The van der Waals surface area contributed by atoms with Crippen molar-refractivity contribution < 1.29 is 9.90 Å². The van der Waals surface area contributed by atoms with Crippen molar-refractivity contribution in [2.45, 2.75) is 74.9 Å². The van der Waals surface area contributed by atoms with E-state index in [4.69, 9.17) is 0 Å². The lowest BCUT2D eigenvalue weighted by Crippen LogP contribution is -2.71. The lowest BCUT2D eigenvalue weighted by atomic mass is 9.43. The first-order chi connectivity index (χ1) is 17.0. The van der Waals surface area contributed by atoms with Gasteiger partial charge in [0.1, 0.15) is 11.3 Å². The highest BCUT2D eigenvalue weighted by Gasteiger charge is 2.76. The summed E-state index contributed by atoms with van der Waals surface area (Å²) in [6.07, 6.45) is 11.2. The number of H-pyrrole nitrogens is 1. The standard InChI is InChI=1S/C29H33N3O3/c33-20-7-6-17-13-24-28-9-8-23-25(29(28,22(17)14-20)10-12-31(24)19-3-1-4-19)18(15-28)16-32(23)27(35)21-5-2-11-30-26(21)34/h2,5-7,11,14,18-19,23-25,33H,1,3-4,8-10,12-13,15-16H2,(H,30,34). The minimum atomic E-state index is -0.292. The third-order valence-electron chi connectivity index (χ3n) is 11.4. The van der Waals surface area contributed by atoms with Gasteiger partial charge < -0.3 is 15.0 Å². The van der Waals surface area contributed by atoms with Crippen molar-refractivity contribution in [2.24, 2.45) is 17.3 Å². The molecule has 3 heterocycles. The van der Waals surface area contributed by atoms with Crippen molar-refractivity contribution in [1.82, 2.24) is 14.8 Å². The smallest absolute Gasteiger partial charge is 0.260 e. The number of phenolic OH excluding ortho intramolecular Hbond substituents is 1. The van der Waals surface area contributed by atoms with Crippen molar-refractivity contribution in [3.05, 3.63) is 63.6 Å². The Morgan fingerprint density at radius 1 is 1.14 bits per heavy atom. The second-order valence-electron chi connectivity index (χ2n) is 12.2. The van der Waals surface area contributed by atoms with E-state index in [-0.39, 0.29) is 33.9 Å². The average molecular weight is 472 g/mol. The summed E-state index contributed by atoms with van der Waals surface area (Å²) < 4.78 is 0. The molecule has 2 aromatic rings. The number of hydrogen-bond acceptors (Lipinski definition) is 4. The molecule has 3 saturated carbocycles. The van der Waals surface area contributed by atoms with Crippen molar-refractivity contribution in [3.8, 4) is 5.75 Å². The fourth-order valence-corrected chi connectivity index (χ4v) is 10.2. The van der Waals surface area contributed by atoms with Gasteiger partial charge in [0.2, 0.25) is 0 Å². The molecule has 6 aliphatic rings. The number of aromatic nitrogens is 1. The first kappa shape index (κ1) is 20.6. The fraction of sp³-hybridized carbons (Fsp3) is 0.586. The maximum absolute atomic E-state index is 13.7. The van der Waals surface area contributed by atoms with Crippen LogP contribution in [0.5, 0.6) is 5.75 Å². The number of piperidine rings is 1. The Kier molecular flexibility index (Phi) is 3.99. The van der Waals surface area contributed by atoms with Gasteiger partial charge in [0.25, 0.3) is 11.5 Å². The summed E-state index contributed by atoms with van der Waals surface area (Å²) in [6, 6.07) is 11.0. The molecule has 4 aliphatic carbocycles. The molecule has 2 aliphatic heterocycles. The van der Waals surface area contributed by atoms with E-state index in [9.17, 15) is 14.7 Å². The van der Waals surface area contributed by atoms with Gasteiger partial charge in [-0.3, -0.25) is 14.5 Å². The van der Waals surface area contributed by atoms with Gasteiger partial charge in [-0.25, -0.2) is 0 Å². The van der Waals surface area contributed by atoms with Crippen molar-refractivity contribution in [3.63, 3.8) is 0 Å². The molecule has 1 aromatic carbocycles. The van der Waals surface area contributed by atoms with E-state index in [0.717, 1.165) is 44.8 Å². The zero-order valence-corrected chi connectivity index (χ0v) is 20.1. The van der Waals surface area contributed by atoms with Crippen molar-refractivity contribution in [1.29, 1.82) is 0 Å². The highest BCUT2D eigenvalue weighted by molar-refractivity contribution is 5.94. The van der Waals surface area contributed by atoms with Gasteiger partial charge in [-0.1, -0.05) is 12.5 Å². The number of nitrogens with zero attached hydrogens (tertiary/aromatic N) is 2. The molecule has 6 unspecified atom stereocenters. The number of benzene rings is 1. The summed E-state index contributed by atoms with van der Waals surface area (Å²) in [5.74, 6) is 1.14. The molecule has 2 saturated heterocycles. The average Bonchev–Trinajstić information content (AvgIpc) is 3.26. The maximum Gasteiger partial charge on any atom is 0.260 e. The van der Waals surface area contributed by atoms with Crippen LogP contribution in [0, 0.1) is 17.3 Å². The summed E-state index contributed by atoms with van der Waals surface area (Å²) in [6.45, 7) is 1.89. The molecule has 8 rings (SSSR count). The predicted octanol–water partition coefficient (Wildman–Crippen LogP) is 3.44. The second kappa shape index (κ2) is 6.78. The number of nitrogens with one attached hydrogen (secondary N) is 1. The van der Waals surface area contributed by atoms with Gasteiger partial charge in [0.05, 0.1) is 0 Å². The van der Waals surface area contributed by atoms with Gasteiger partial charge >= 0.3 is 0 Å². The molecule has 1 amide bonds. The number of rotatable bonds is 2. The normalized spacial score (nSPS) is 39.1. The van der Waals surface area contributed by atoms with E-state index in [2.05, 4.69) is 26.9 Å². The Balaban J connectivity index is 1.27. The van der Waals surface area contributed by atoms with Crippen LogP contribution >= 0.6 is 0 Å². The van der Waals surface area contributed by atoms with E-state index < -0.39 is 0 Å². The van der Waals surface area contributed by atoms with Gasteiger partial charge in [0.15, 0.2) is 0 Å². The number of amides is 1. The van der Waals surface area contributed by atoms with Crippen LogP contribution in [-0.2, 0) is 11.8 Å². The van der Waals surface area contributed by atoms with Crippen LogP contribution in [0.3, 0.4) is 0 Å². The summed E-state index contributed by atoms with van der Waals surface area (Å²) in [7, 11) is 0. The van der Waals surface area contributed by atoms with Gasteiger partial charge in [-0.2, -0.15) is 0 Å². The predicted molar refractivity (Wildman–Crippen MR) is 131 cm³/mol. The van der Waals surface area contributed by atoms with Crippen LogP contribution in [0.2, 0.25) is 0 Å². The molecular formula is C29H33N3O3. The number of fused-ring (bicyclic) bond motifs is 1. The Bertz CT molecular complexity index is 1300. The van der Waals surface area contributed by atoms with Gasteiger partial charge in [-0.15, -0.1) is 0 Å². The van der Waals surface area contributed by atoms with E-state index in [1.807, 2.05) is 6.07 Å². The lowest BCUT2D eigenvalue weighted by Gasteiger charge is -2.68. The molecule has 6 nitrogen and oxygen atoms in total. The van der Waals surface area contributed by atoms with Crippen LogP contribution in [0.25, 0.3) is 0 Å². The van der Waals surface area contributed by atoms with E-state index >= 15 is 0 Å². The Labute approximate surface area is 205 Å². The number of carbonyl (C=O) groups excluding carboxylic acids is 1. The number of carbonyl (C=O) groups is 1. The van der Waals surface area contributed by atoms with Crippen molar-refractivity contribution in [2.75, 3.05) is 13.1 Å². The highest BCUT2D eigenvalue weighted by Crippen LogP contribution is 2.75. The monoisotopic (exact) mass is 471 g/mol. The molecule has 4 bridgehead atoms. The van der Waals surface area contributed by atoms with E-state index in [1.165, 1.54) is 36.8 Å². The maximum atomic E-state index is 13.7. The third-order valence-corrected chi connectivity index (χ3v) is 11.4. The quantitative estimate of drug-likeness (QED) is 0.704. The van der Waals surface area contributed by atoms with Crippen LogP contribution in [0.1, 0.15) is 66.4 Å². The largest absolute Gasteiger partial charge is 0.508 e. The first-order valence-corrected chi connectivity index (χ1v) is 13.6. The molecular weight excluding hydrogens is 438 g/mol. The number of pyridine rings is 1. The van der Waals surface area contributed by atoms with E-state index in [1.54, 1.807) is 18.3 Å². The number of likely N-dealkylation sites (tertiary alicyclic amines) is 2. The number of hydrogen-bond donors (Lipinski definition) is 2. The number of aromatic amines is 1. The molecule has 35 heavy (non-hydrogen) atoms. The molecule has 5 fully saturated rings. The molecule has 1 aromatic heterocycles. The van der Waals surface area contributed by atoms with E-state index in [0.29, 0.717) is 23.6 Å². The first-order valence-electron chi connectivity index (χ1n) is 13.6. The van der Waals surface area contributed by atoms with Gasteiger partial charge in [-0.05, 0) is 104 Å². The zero-order valence-electron chi connectivity index (χ0n) is 20.1. The Morgan fingerprint density at radius 2 is 2.03 bits per heavy atom. The lowest BCUT2D eigenvalue weighted by molar-refractivity contribution is -0.122. The van der Waals surface area contributed by atoms with Gasteiger partial charge in [0, 0.05) is 36.3 Å². The fourth-order valence-electron chi connectivity index (χ4n) is 10.2. The van der Waals surface area contributed by atoms with Crippen LogP contribution in [0.15, 0.2) is 41.3 Å². The summed E-state index contributed by atoms with van der Waals surface area (Å²) >= 11 is 0. The van der Waals surface area contributed by atoms with Crippen LogP contribution < -0.4 is 5.56 Å². The molecule has 6 heteroatoms. The van der Waals surface area contributed by atoms with Crippen LogP contribution in [0.4, 0.5) is 0 Å². The molecule has 6 atom stereocenters. The van der Waals surface area contributed by atoms with Crippen LogP contribution in [-0.4, -0.2) is 57.0 Å². The summed E-state index contributed by atoms with van der Waals surface area (Å²) in [5.41, 5.74) is 3.04. The minimum absolute atomic E-state index is 0.0238. The topological polar surface area (TPSA) is 76.6 Å². The summed E-state index contributed by atoms with van der Waals surface area (Å²) in [4.78, 5) is 33.8. The molecule has 182 valence electrons. The Hall–Kier alpha value is -2.60. The number of aromatic hydroxyl groups is 1. The molecule has 0 radical (unpaired) electrons. The molecule has 2 N–H and O–H groups in total.